The minimum atomic E-state index is -0.0771. The van der Waals surface area contributed by atoms with Crippen LogP contribution in [0.2, 0.25) is 0 Å². The van der Waals surface area contributed by atoms with Gasteiger partial charge in [0.25, 0.3) is 0 Å². The van der Waals surface area contributed by atoms with Crippen molar-refractivity contribution < 1.29 is 14.6 Å². The van der Waals surface area contributed by atoms with E-state index in [0.29, 0.717) is 18.8 Å². The van der Waals surface area contributed by atoms with Crippen LogP contribution in [-0.2, 0) is 0 Å². The van der Waals surface area contributed by atoms with E-state index in [2.05, 4.69) is 0 Å². The van der Waals surface area contributed by atoms with Crippen molar-refractivity contribution in [1.82, 2.24) is 0 Å². The summed E-state index contributed by atoms with van der Waals surface area (Å²) >= 11 is 0. The van der Waals surface area contributed by atoms with Gasteiger partial charge in [0.15, 0.2) is 11.5 Å². The number of benzene rings is 1. The maximum absolute atomic E-state index is 8.78. The Labute approximate surface area is 115 Å². The fourth-order valence-corrected chi connectivity index (χ4v) is 1.67. The molecule has 0 saturated carbocycles. The summed E-state index contributed by atoms with van der Waals surface area (Å²) in [7, 11) is 1.61. The molecular weight excluding hydrogens is 254 g/mol. The van der Waals surface area contributed by atoms with Crippen molar-refractivity contribution in [2.75, 3.05) is 20.3 Å². The summed E-state index contributed by atoms with van der Waals surface area (Å²) in [6.07, 6.45) is 1.46. The van der Waals surface area contributed by atoms with Crippen LogP contribution < -0.4 is 15.2 Å². The smallest absolute Gasteiger partial charge is 0.161 e. The second-order valence-electron chi connectivity index (χ2n) is 3.82. The topological polar surface area (TPSA) is 64.7 Å². The van der Waals surface area contributed by atoms with Gasteiger partial charge in [0.2, 0.25) is 0 Å². The predicted octanol–water partition coefficient (Wildman–Crippen LogP) is 2.29. The lowest BCUT2D eigenvalue weighted by atomic mass is 10.0. The molecule has 0 aliphatic carbocycles. The summed E-state index contributed by atoms with van der Waals surface area (Å²) in [5.74, 6) is 1.43. The molecule has 0 heterocycles. The van der Waals surface area contributed by atoms with Gasteiger partial charge in [-0.1, -0.05) is 6.07 Å². The maximum Gasteiger partial charge on any atom is 0.161 e. The Morgan fingerprint density at radius 3 is 2.61 bits per heavy atom. The number of methoxy groups -OCH3 is 1. The third kappa shape index (κ3) is 4.72. The third-order valence-electron chi connectivity index (χ3n) is 2.59. The zero-order valence-corrected chi connectivity index (χ0v) is 11.7. The molecule has 0 radical (unpaired) electrons. The standard InChI is InChI=1S/C13H21NO3.ClH/c1-3-17-12-7-6-10(9-13(12)16-2)11(14)5-4-8-15;/h6-7,9,11,15H,3-5,8,14H2,1-2H3;1H/t11-;/m0./s1. The van der Waals surface area contributed by atoms with Crippen molar-refractivity contribution in [1.29, 1.82) is 0 Å². The summed E-state index contributed by atoms with van der Waals surface area (Å²) in [4.78, 5) is 0. The van der Waals surface area contributed by atoms with Crippen molar-refractivity contribution >= 4 is 12.4 Å². The van der Waals surface area contributed by atoms with E-state index in [1.807, 2.05) is 25.1 Å². The maximum atomic E-state index is 8.78. The van der Waals surface area contributed by atoms with Gasteiger partial charge < -0.3 is 20.3 Å². The number of hydrogen-bond donors (Lipinski definition) is 2. The van der Waals surface area contributed by atoms with Gasteiger partial charge in [-0.05, 0) is 37.5 Å². The van der Waals surface area contributed by atoms with Gasteiger partial charge in [-0.15, -0.1) is 12.4 Å². The first kappa shape index (κ1) is 17.0. The lowest BCUT2D eigenvalue weighted by molar-refractivity contribution is 0.279. The predicted molar refractivity (Wildman–Crippen MR) is 74.7 cm³/mol. The van der Waals surface area contributed by atoms with E-state index in [1.165, 1.54) is 0 Å². The quantitative estimate of drug-likeness (QED) is 0.801. The number of aliphatic hydroxyl groups is 1. The number of ether oxygens (including phenoxy) is 2. The molecule has 0 spiro atoms. The summed E-state index contributed by atoms with van der Waals surface area (Å²) in [6, 6.07) is 5.63. The zero-order chi connectivity index (χ0) is 12.7. The first-order chi connectivity index (χ1) is 8.22. The normalized spacial score (nSPS) is 11.6. The Bertz CT molecular complexity index is 347. The van der Waals surface area contributed by atoms with Crippen LogP contribution in [0.1, 0.15) is 31.4 Å². The summed E-state index contributed by atoms with van der Waals surface area (Å²) in [6.45, 7) is 2.70. The Kier molecular flexibility index (Phi) is 8.54. The lowest BCUT2D eigenvalue weighted by Gasteiger charge is -2.15. The molecule has 0 saturated heterocycles. The fraction of sp³-hybridized carbons (Fsp3) is 0.538. The summed E-state index contributed by atoms with van der Waals surface area (Å²) in [5, 5.41) is 8.78. The monoisotopic (exact) mass is 275 g/mol. The van der Waals surface area contributed by atoms with E-state index in [4.69, 9.17) is 20.3 Å². The van der Waals surface area contributed by atoms with Gasteiger partial charge in [0, 0.05) is 12.6 Å². The highest BCUT2D eigenvalue weighted by molar-refractivity contribution is 5.85. The van der Waals surface area contributed by atoms with E-state index in [1.54, 1.807) is 7.11 Å². The molecule has 1 rings (SSSR count). The van der Waals surface area contributed by atoms with Crippen LogP contribution in [0.4, 0.5) is 0 Å². The largest absolute Gasteiger partial charge is 0.493 e. The van der Waals surface area contributed by atoms with Crippen LogP contribution in [0.5, 0.6) is 11.5 Å². The third-order valence-corrected chi connectivity index (χ3v) is 2.59. The molecule has 5 heteroatoms. The van der Waals surface area contributed by atoms with Crippen molar-refractivity contribution in [3.63, 3.8) is 0 Å². The van der Waals surface area contributed by atoms with Crippen LogP contribution in [0, 0.1) is 0 Å². The van der Waals surface area contributed by atoms with Crippen LogP contribution in [0.25, 0.3) is 0 Å². The van der Waals surface area contributed by atoms with E-state index in [9.17, 15) is 0 Å². The first-order valence-electron chi connectivity index (χ1n) is 5.90. The number of hydrogen-bond acceptors (Lipinski definition) is 4. The number of nitrogens with two attached hydrogens (primary N) is 1. The van der Waals surface area contributed by atoms with Crippen molar-refractivity contribution in [2.45, 2.75) is 25.8 Å². The fourth-order valence-electron chi connectivity index (χ4n) is 1.67. The number of halogens is 1. The molecule has 0 aromatic heterocycles. The van der Waals surface area contributed by atoms with Crippen LogP contribution >= 0.6 is 12.4 Å². The Morgan fingerprint density at radius 1 is 1.33 bits per heavy atom. The Morgan fingerprint density at radius 2 is 2.06 bits per heavy atom. The molecule has 0 bridgehead atoms. The molecule has 1 atom stereocenters. The average molecular weight is 276 g/mol. The van der Waals surface area contributed by atoms with Gasteiger partial charge in [0.1, 0.15) is 0 Å². The van der Waals surface area contributed by atoms with Gasteiger partial charge in [0.05, 0.1) is 13.7 Å². The summed E-state index contributed by atoms with van der Waals surface area (Å²) < 4.78 is 10.7. The van der Waals surface area contributed by atoms with E-state index < -0.39 is 0 Å². The second kappa shape index (κ2) is 9.03. The van der Waals surface area contributed by atoms with Gasteiger partial charge in [-0.25, -0.2) is 0 Å². The van der Waals surface area contributed by atoms with Crippen LogP contribution in [-0.4, -0.2) is 25.4 Å². The number of rotatable bonds is 7. The van der Waals surface area contributed by atoms with Crippen LogP contribution in [0.3, 0.4) is 0 Å². The molecule has 4 nitrogen and oxygen atoms in total. The van der Waals surface area contributed by atoms with Gasteiger partial charge in [-0.3, -0.25) is 0 Å². The second-order valence-corrected chi connectivity index (χ2v) is 3.82. The number of aliphatic hydroxyl groups excluding tert-OH is 1. The van der Waals surface area contributed by atoms with E-state index in [-0.39, 0.29) is 25.1 Å². The first-order valence-corrected chi connectivity index (χ1v) is 5.90. The molecule has 0 aliphatic heterocycles. The Hall–Kier alpha value is -0.970. The minimum Gasteiger partial charge on any atom is -0.493 e. The molecule has 3 N–H and O–H groups in total. The average Bonchev–Trinajstić information content (AvgIpc) is 2.36. The van der Waals surface area contributed by atoms with Gasteiger partial charge >= 0.3 is 0 Å². The molecule has 0 amide bonds. The van der Waals surface area contributed by atoms with E-state index in [0.717, 1.165) is 17.7 Å². The summed E-state index contributed by atoms with van der Waals surface area (Å²) in [5.41, 5.74) is 7.02. The molecule has 18 heavy (non-hydrogen) atoms. The lowest BCUT2D eigenvalue weighted by Crippen LogP contribution is -2.11. The van der Waals surface area contributed by atoms with Crippen molar-refractivity contribution in [2.24, 2.45) is 5.73 Å². The molecule has 1 aromatic rings. The molecule has 0 unspecified atom stereocenters. The van der Waals surface area contributed by atoms with Crippen molar-refractivity contribution in [3.8, 4) is 11.5 Å². The van der Waals surface area contributed by atoms with Gasteiger partial charge in [-0.2, -0.15) is 0 Å². The van der Waals surface area contributed by atoms with E-state index >= 15 is 0 Å². The van der Waals surface area contributed by atoms with Crippen LogP contribution in [0.15, 0.2) is 18.2 Å². The SMILES string of the molecule is CCOc1ccc([C@@H](N)CCCO)cc1OC.Cl. The highest BCUT2D eigenvalue weighted by atomic mass is 35.5. The zero-order valence-electron chi connectivity index (χ0n) is 10.9. The Balaban J connectivity index is 0.00000289. The molecule has 1 aromatic carbocycles. The molecule has 0 fully saturated rings. The minimum absolute atomic E-state index is 0. The molecule has 104 valence electrons. The molecular formula is C13H22ClNO3. The highest BCUT2D eigenvalue weighted by Gasteiger charge is 2.10. The highest BCUT2D eigenvalue weighted by Crippen LogP contribution is 2.30. The molecule has 0 aliphatic rings. The van der Waals surface area contributed by atoms with Crippen molar-refractivity contribution in [3.05, 3.63) is 23.8 Å².